The molecule has 1 spiro atoms. The monoisotopic (exact) mass is 423 g/mol. The van der Waals surface area contributed by atoms with Crippen molar-refractivity contribution in [3.8, 4) is 0 Å². The zero-order valence-electron chi connectivity index (χ0n) is 17.8. The molecule has 30 heavy (non-hydrogen) atoms. The van der Waals surface area contributed by atoms with Crippen molar-refractivity contribution in [2.75, 3.05) is 6.61 Å². The Morgan fingerprint density at radius 3 is 2.07 bits per heavy atom. The van der Waals surface area contributed by atoms with Crippen LogP contribution in [0.2, 0.25) is 5.04 Å². The number of nitrogens with one attached hydrogen (secondary N) is 1. The quantitative estimate of drug-likeness (QED) is 0.593. The zero-order valence-corrected chi connectivity index (χ0v) is 18.8. The molecule has 6 heteroatoms. The fourth-order valence-corrected chi connectivity index (χ4v) is 9.48. The van der Waals surface area contributed by atoms with Crippen molar-refractivity contribution in [2.45, 2.75) is 56.7 Å². The molecule has 158 valence electrons. The molecule has 1 N–H and O–H groups in total. The summed E-state index contributed by atoms with van der Waals surface area (Å²) in [6.45, 7) is 7.07. The number of hydrogen-bond donors (Lipinski definition) is 1. The third kappa shape index (κ3) is 3.48. The summed E-state index contributed by atoms with van der Waals surface area (Å²) in [6, 6.07) is 20.7. The van der Waals surface area contributed by atoms with E-state index >= 15 is 0 Å². The van der Waals surface area contributed by atoms with Crippen LogP contribution >= 0.6 is 0 Å². The van der Waals surface area contributed by atoms with Crippen molar-refractivity contribution < 1.29 is 18.8 Å². The van der Waals surface area contributed by atoms with Gasteiger partial charge in [-0.15, -0.1) is 0 Å². The van der Waals surface area contributed by atoms with Crippen molar-refractivity contribution in [3.63, 3.8) is 0 Å². The highest BCUT2D eigenvalue weighted by Gasteiger charge is 2.55. The smallest absolute Gasteiger partial charge is 0.307 e. The molecule has 5 nitrogen and oxygen atoms in total. The third-order valence-electron chi connectivity index (χ3n) is 6.29. The number of amides is 1. The third-order valence-corrected chi connectivity index (χ3v) is 11.3. The summed E-state index contributed by atoms with van der Waals surface area (Å²) in [7, 11) is -2.66. The van der Waals surface area contributed by atoms with Gasteiger partial charge in [-0.3, -0.25) is 9.59 Å². The Balaban J connectivity index is 1.66. The van der Waals surface area contributed by atoms with Crippen LogP contribution in [0.3, 0.4) is 0 Å². The Labute approximate surface area is 178 Å². The minimum Gasteiger partial charge on any atom is -0.449 e. The van der Waals surface area contributed by atoms with E-state index in [9.17, 15) is 9.59 Å². The van der Waals surface area contributed by atoms with Crippen molar-refractivity contribution in [3.05, 3.63) is 60.7 Å². The summed E-state index contributed by atoms with van der Waals surface area (Å²) in [6.07, 6.45) is 1.22. The van der Waals surface area contributed by atoms with Crippen molar-refractivity contribution >= 4 is 30.6 Å². The van der Waals surface area contributed by atoms with E-state index in [1.165, 1.54) is 10.4 Å². The van der Waals surface area contributed by atoms with E-state index in [4.69, 9.17) is 9.16 Å². The Hall–Kier alpha value is -2.44. The Morgan fingerprint density at radius 2 is 1.60 bits per heavy atom. The number of hydrogen-bond acceptors (Lipinski definition) is 4. The fourth-order valence-electron chi connectivity index (χ4n) is 4.87. The highest BCUT2D eigenvalue weighted by atomic mass is 28.4. The molecule has 1 amide bonds. The average Bonchev–Trinajstić information content (AvgIpc) is 3.24. The topological polar surface area (TPSA) is 64.6 Å². The summed E-state index contributed by atoms with van der Waals surface area (Å²) < 4.78 is 12.3. The van der Waals surface area contributed by atoms with Crippen LogP contribution in [-0.2, 0) is 18.8 Å². The fraction of sp³-hybridized carbons (Fsp3) is 0.417. The minimum absolute atomic E-state index is 0.129. The first-order chi connectivity index (χ1) is 14.3. The Bertz CT molecular complexity index is 886. The average molecular weight is 424 g/mol. The van der Waals surface area contributed by atoms with E-state index in [-0.39, 0.29) is 23.0 Å². The number of esters is 1. The lowest BCUT2D eigenvalue weighted by Gasteiger charge is -2.43. The molecule has 2 aliphatic heterocycles. The van der Waals surface area contributed by atoms with E-state index in [2.05, 4.69) is 74.6 Å². The number of rotatable bonds is 5. The van der Waals surface area contributed by atoms with Gasteiger partial charge in [0.15, 0.2) is 5.60 Å². The van der Waals surface area contributed by atoms with Crippen molar-refractivity contribution in [1.82, 2.24) is 5.32 Å². The van der Waals surface area contributed by atoms with Gasteiger partial charge in [-0.1, -0.05) is 81.4 Å². The van der Waals surface area contributed by atoms with Crippen LogP contribution in [0.25, 0.3) is 0 Å². The van der Waals surface area contributed by atoms with Gasteiger partial charge in [0.1, 0.15) is 0 Å². The second-order valence-corrected chi connectivity index (χ2v) is 13.6. The van der Waals surface area contributed by atoms with Crippen LogP contribution in [0, 0.1) is 0 Å². The van der Waals surface area contributed by atoms with Crippen LogP contribution in [0.1, 0.15) is 40.0 Å². The summed E-state index contributed by atoms with van der Waals surface area (Å²) in [5, 5.41) is 5.29. The van der Waals surface area contributed by atoms with Crippen LogP contribution in [0.5, 0.6) is 0 Å². The van der Waals surface area contributed by atoms with E-state index in [1.807, 2.05) is 12.1 Å². The molecule has 0 bridgehead atoms. The van der Waals surface area contributed by atoms with Crippen LogP contribution in [0.4, 0.5) is 0 Å². The Morgan fingerprint density at radius 1 is 1.03 bits per heavy atom. The van der Waals surface area contributed by atoms with E-state index in [1.54, 1.807) is 0 Å². The molecule has 2 fully saturated rings. The molecule has 2 aliphatic rings. The predicted molar refractivity (Wildman–Crippen MR) is 118 cm³/mol. The lowest BCUT2D eigenvalue weighted by molar-refractivity contribution is -0.155. The van der Waals surface area contributed by atoms with Gasteiger partial charge in [-0.05, 0) is 15.4 Å². The molecule has 2 heterocycles. The Kier molecular flexibility index (Phi) is 5.32. The highest BCUT2D eigenvalue weighted by molar-refractivity contribution is 6.99. The molecule has 0 unspecified atom stereocenters. The minimum atomic E-state index is -2.66. The molecule has 0 saturated carbocycles. The standard InChI is InChI=1S/C24H29NO4Si/c1-23(2,3)30(19-10-6-4-7-11-19,20-12-8-5-9-13-20)28-17-18-16-24(22(27)25-18)15-14-21(26)29-24/h4-13,18H,14-17H2,1-3H3,(H,25,27)/t18-,24+/m0/s1. The van der Waals surface area contributed by atoms with Gasteiger partial charge in [0, 0.05) is 19.3 Å². The second-order valence-electron chi connectivity index (χ2n) is 9.32. The number of carbonyl (C=O) groups is 2. The van der Waals surface area contributed by atoms with Gasteiger partial charge in [0.05, 0.1) is 12.6 Å². The number of carbonyl (C=O) groups excluding carboxylic acids is 2. The van der Waals surface area contributed by atoms with Crippen LogP contribution in [-0.4, -0.2) is 38.4 Å². The highest BCUT2D eigenvalue weighted by Crippen LogP contribution is 2.39. The molecule has 2 aromatic rings. The van der Waals surface area contributed by atoms with Crippen molar-refractivity contribution in [1.29, 1.82) is 0 Å². The van der Waals surface area contributed by atoms with Crippen molar-refractivity contribution in [2.24, 2.45) is 0 Å². The molecular weight excluding hydrogens is 394 g/mol. The largest absolute Gasteiger partial charge is 0.449 e. The molecule has 0 aliphatic carbocycles. The van der Waals surface area contributed by atoms with Gasteiger partial charge in [-0.2, -0.15) is 0 Å². The predicted octanol–water partition coefficient (Wildman–Crippen LogP) is 2.53. The van der Waals surface area contributed by atoms with Crippen LogP contribution in [0.15, 0.2) is 60.7 Å². The summed E-state index contributed by atoms with van der Waals surface area (Å²) in [5.41, 5.74) is -1.00. The van der Waals surface area contributed by atoms with Gasteiger partial charge in [0.2, 0.25) is 0 Å². The van der Waals surface area contributed by atoms with Gasteiger partial charge in [0.25, 0.3) is 14.2 Å². The molecular formula is C24H29NO4Si. The normalized spacial score (nSPS) is 24.2. The lowest BCUT2D eigenvalue weighted by Crippen LogP contribution is -2.67. The molecule has 4 rings (SSSR count). The maximum Gasteiger partial charge on any atom is 0.307 e. The number of ether oxygens (including phenoxy) is 1. The molecule has 2 aromatic carbocycles. The van der Waals surface area contributed by atoms with E-state index in [0.717, 1.165) is 0 Å². The summed E-state index contributed by atoms with van der Waals surface area (Å²) in [5.74, 6) is -0.483. The number of benzene rings is 2. The molecule has 0 aromatic heterocycles. The zero-order chi connectivity index (χ0) is 21.4. The van der Waals surface area contributed by atoms with Gasteiger partial charge < -0.3 is 14.5 Å². The summed E-state index contributed by atoms with van der Waals surface area (Å²) in [4.78, 5) is 24.2. The maximum atomic E-state index is 12.6. The first kappa shape index (κ1) is 20.8. The van der Waals surface area contributed by atoms with Crippen LogP contribution < -0.4 is 15.7 Å². The molecule has 0 radical (unpaired) electrons. The first-order valence-electron chi connectivity index (χ1n) is 10.5. The SMILES string of the molecule is CC(C)(C)[Si](OC[C@@H]1C[C@]2(CCC(=O)O2)C(=O)N1)(c1ccccc1)c1ccccc1. The second kappa shape index (κ2) is 7.67. The first-order valence-corrected chi connectivity index (χ1v) is 12.5. The molecule has 2 atom stereocenters. The van der Waals surface area contributed by atoms with E-state index in [0.29, 0.717) is 25.9 Å². The van der Waals surface area contributed by atoms with E-state index < -0.39 is 13.9 Å². The summed E-state index contributed by atoms with van der Waals surface area (Å²) >= 11 is 0. The molecule has 2 saturated heterocycles. The lowest BCUT2D eigenvalue weighted by atomic mass is 9.96. The van der Waals surface area contributed by atoms with Gasteiger partial charge >= 0.3 is 5.97 Å². The van der Waals surface area contributed by atoms with Gasteiger partial charge in [-0.25, -0.2) is 0 Å². The maximum absolute atomic E-state index is 12.6.